The molecule has 1 heterocycles. The van der Waals surface area contributed by atoms with E-state index in [1.807, 2.05) is 0 Å². The van der Waals surface area contributed by atoms with Crippen LogP contribution in [0.1, 0.15) is 44.6 Å². The molecule has 1 saturated carbocycles. The lowest BCUT2D eigenvalue weighted by Crippen LogP contribution is -2.35. The summed E-state index contributed by atoms with van der Waals surface area (Å²) < 4.78 is 5.89. The smallest absolute Gasteiger partial charge is 0.120 e. The maximum Gasteiger partial charge on any atom is 0.120 e. The highest BCUT2D eigenvalue weighted by Crippen LogP contribution is 2.36. The topological polar surface area (TPSA) is 21.3 Å². The Balaban J connectivity index is 1.85. The first-order chi connectivity index (χ1) is 8.32. The van der Waals surface area contributed by atoms with Crippen molar-refractivity contribution in [2.24, 2.45) is 0 Å². The van der Waals surface area contributed by atoms with Gasteiger partial charge in [-0.15, -0.1) is 0 Å². The van der Waals surface area contributed by atoms with Gasteiger partial charge in [0.05, 0.1) is 6.10 Å². The molecular formula is C15H21NO. The molecule has 2 heteroatoms. The lowest BCUT2D eigenvalue weighted by atomic mass is 9.86. The molecule has 3 rings (SSSR count). The Labute approximate surface area is 103 Å². The van der Waals surface area contributed by atoms with E-state index in [-0.39, 0.29) is 5.54 Å². The normalized spacial score (nSPS) is 28.3. The van der Waals surface area contributed by atoms with Crippen LogP contribution in [0.5, 0.6) is 5.75 Å². The van der Waals surface area contributed by atoms with Gasteiger partial charge in [-0.05, 0) is 56.3 Å². The van der Waals surface area contributed by atoms with Crippen molar-refractivity contribution in [1.82, 2.24) is 5.32 Å². The largest absolute Gasteiger partial charge is 0.490 e. The summed E-state index contributed by atoms with van der Waals surface area (Å²) >= 11 is 0. The average Bonchev–Trinajstić information content (AvgIpc) is 3.04. The predicted molar refractivity (Wildman–Crippen MR) is 69.3 cm³/mol. The van der Waals surface area contributed by atoms with Gasteiger partial charge < -0.3 is 10.1 Å². The number of hydrogen-bond donors (Lipinski definition) is 1. The van der Waals surface area contributed by atoms with E-state index in [4.69, 9.17) is 4.74 Å². The number of rotatable bonds is 4. The minimum absolute atomic E-state index is 0.197. The Bertz CT molecular complexity index is 392. The summed E-state index contributed by atoms with van der Waals surface area (Å²) in [6, 6.07) is 8.69. The molecule has 2 aliphatic rings. The highest BCUT2D eigenvalue weighted by atomic mass is 16.5. The van der Waals surface area contributed by atoms with E-state index in [1.165, 1.54) is 31.2 Å². The number of benzene rings is 1. The molecule has 1 aromatic rings. The summed E-state index contributed by atoms with van der Waals surface area (Å²) in [5.41, 5.74) is 1.60. The standard InChI is InChI=1S/C15H21NO/c1-2-15(9-4-10-16-15)12-5-3-6-14(11-12)17-13-7-8-13/h3,5-6,11,13,16H,2,4,7-10H2,1H3. The average molecular weight is 231 g/mol. The molecule has 0 bridgehead atoms. The van der Waals surface area contributed by atoms with Gasteiger partial charge in [0.2, 0.25) is 0 Å². The molecule has 1 atom stereocenters. The molecule has 1 aliphatic heterocycles. The lowest BCUT2D eigenvalue weighted by Gasteiger charge is -2.29. The van der Waals surface area contributed by atoms with Crippen LogP contribution in [0.15, 0.2) is 24.3 Å². The molecule has 2 nitrogen and oxygen atoms in total. The van der Waals surface area contributed by atoms with E-state index in [1.54, 1.807) is 0 Å². The van der Waals surface area contributed by atoms with Crippen LogP contribution in [0, 0.1) is 0 Å². The van der Waals surface area contributed by atoms with Gasteiger partial charge in [-0.25, -0.2) is 0 Å². The van der Waals surface area contributed by atoms with Crippen molar-refractivity contribution in [2.45, 2.75) is 50.7 Å². The fourth-order valence-corrected chi connectivity index (χ4v) is 2.80. The Morgan fingerprint density at radius 3 is 2.94 bits per heavy atom. The molecule has 1 saturated heterocycles. The van der Waals surface area contributed by atoms with Gasteiger partial charge in [-0.1, -0.05) is 19.1 Å². The first-order valence-electron chi connectivity index (χ1n) is 6.85. The van der Waals surface area contributed by atoms with Gasteiger partial charge in [0.25, 0.3) is 0 Å². The van der Waals surface area contributed by atoms with Gasteiger partial charge in [0.1, 0.15) is 5.75 Å². The van der Waals surface area contributed by atoms with Crippen molar-refractivity contribution in [3.05, 3.63) is 29.8 Å². The van der Waals surface area contributed by atoms with Gasteiger partial charge in [0.15, 0.2) is 0 Å². The molecule has 0 spiro atoms. The molecule has 2 fully saturated rings. The zero-order valence-electron chi connectivity index (χ0n) is 10.5. The first kappa shape index (κ1) is 11.1. The Morgan fingerprint density at radius 2 is 2.29 bits per heavy atom. The Kier molecular flexibility index (Phi) is 2.83. The summed E-state index contributed by atoms with van der Waals surface area (Å²) in [7, 11) is 0. The van der Waals surface area contributed by atoms with E-state index in [9.17, 15) is 0 Å². The molecule has 1 N–H and O–H groups in total. The molecule has 1 unspecified atom stereocenters. The highest BCUT2D eigenvalue weighted by Gasteiger charge is 2.33. The van der Waals surface area contributed by atoms with Gasteiger partial charge >= 0.3 is 0 Å². The highest BCUT2D eigenvalue weighted by molar-refractivity contribution is 5.34. The van der Waals surface area contributed by atoms with Gasteiger partial charge in [-0.2, -0.15) is 0 Å². The van der Waals surface area contributed by atoms with Crippen LogP contribution in [0.4, 0.5) is 0 Å². The number of nitrogens with one attached hydrogen (secondary N) is 1. The van der Waals surface area contributed by atoms with Crippen LogP contribution in [-0.2, 0) is 5.54 Å². The Morgan fingerprint density at radius 1 is 1.41 bits per heavy atom. The van der Waals surface area contributed by atoms with Crippen molar-refractivity contribution in [3.8, 4) is 5.75 Å². The molecule has 1 aliphatic carbocycles. The molecule has 0 aromatic heterocycles. The monoisotopic (exact) mass is 231 g/mol. The molecule has 0 amide bonds. The third-order valence-electron chi connectivity index (χ3n) is 4.06. The molecule has 17 heavy (non-hydrogen) atoms. The Hall–Kier alpha value is -1.02. The maximum absolute atomic E-state index is 5.89. The van der Waals surface area contributed by atoms with E-state index in [2.05, 4.69) is 36.5 Å². The maximum atomic E-state index is 5.89. The first-order valence-corrected chi connectivity index (χ1v) is 6.85. The van der Waals surface area contributed by atoms with E-state index >= 15 is 0 Å². The third-order valence-corrected chi connectivity index (χ3v) is 4.06. The summed E-state index contributed by atoms with van der Waals surface area (Å²) in [5.74, 6) is 1.05. The summed E-state index contributed by atoms with van der Waals surface area (Å²) in [6.45, 7) is 3.41. The summed E-state index contributed by atoms with van der Waals surface area (Å²) in [5, 5.41) is 3.68. The molecule has 1 aromatic carbocycles. The molecular weight excluding hydrogens is 210 g/mol. The van der Waals surface area contributed by atoms with Crippen LogP contribution in [-0.4, -0.2) is 12.6 Å². The quantitative estimate of drug-likeness (QED) is 0.859. The van der Waals surface area contributed by atoms with E-state index in [0.717, 1.165) is 18.7 Å². The molecule has 0 radical (unpaired) electrons. The van der Waals surface area contributed by atoms with Crippen molar-refractivity contribution < 1.29 is 4.74 Å². The van der Waals surface area contributed by atoms with Crippen LogP contribution < -0.4 is 10.1 Å². The van der Waals surface area contributed by atoms with Crippen molar-refractivity contribution in [2.75, 3.05) is 6.54 Å². The fourth-order valence-electron chi connectivity index (χ4n) is 2.80. The van der Waals surface area contributed by atoms with Crippen LogP contribution >= 0.6 is 0 Å². The van der Waals surface area contributed by atoms with Crippen LogP contribution in [0.25, 0.3) is 0 Å². The second-order valence-electron chi connectivity index (χ2n) is 5.31. The van der Waals surface area contributed by atoms with E-state index in [0.29, 0.717) is 6.10 Å². The van der Waals surface area contributed by atoms with Gasteiger partial charge in [0, 0.05) is 5.54 Å². The van der Waals surface area contributed by atoms with Crippen molar-refractivity contribution in [3.63, 3.8) is 0 Å². The van der Waals surface area contributed by atoms with Gasteiger partial charge in [-0.3, -0.25) is 0 Å². The zero-order chi connectivity index (χ0) is 11.7. The lowest BCUT2D eigenvalue weighted by molar-refractivity contribution is 0.300. The number of ether oxygens (including phenoxy) is 1. The summed E-state index contributed by atoms with van der Waals surface area (Å²) in [6.07, 6.45) is 6.61. The summed E-state index contributed by atoms with van der Waals surface area (Å²) in [4.78, 5) is 0. The second-order valence-corrected chi connectivity index (χ2v) is 5.31. The molecule has 92 valence electrons. The SMILES string of the molecule is CCC1(c2cccc(OC3CC3)c2)CCCN1. The van der Waals surface area contributed by atoms with Crippen molar-refractivity contribution >= 4 is 0 Å². The van der Waals surface area contributed by atoms with Crippen molar-refractivity contribution in [1.29, 1.82) is 0 Å². The predicted octanol–water partition coefficient (Wildman–Crippen LogP) is 3.22. The number of hydrogen-bond acceptors (Lipinski definition) is 2. The minimum atomic E-state index is 0.197. The fraction of sp³-hybridized carbons (Fsp3) is 0.600. The van der Waals surface area contributed by atoms with E-state index < -0.39 is 0 Å². The third kappa shape index (κ3) is 2.19. The van der Waals surface area contributed by atoms with Crippen LogP contribution in [0.3, 0.4) is 0 Å². The van der Waals surface area contributed by atoms with Crippen LogP contribution in [0.2, 0.25) is 0 Å². The zero-order valence-corrected chi connectivity index (χ0v) is 10.5. The second kappa shape index (κ2) is 4.34. The minimum Gasteiger partial charge on any atom is -0.490 e.